The van der Waals surface area contributed by atoms with Crippen LogP contribution in [0.3, 0.4) is 0 Å². The quantitative estimate of drug-likeness (QED) is 0.518. The van der Waals surface area contributed by atoms with Crippen LogP contribution in [-0.2, 0) is 6.54 Å². The SMILES string of the molecule is COc1ccc(CNc2nc3c(C)cccc3cc2-c2noc(C)n2)c(OC)c1. The number of anilines is 1. The third-order valence-corrected chi connectivity index (χ3v) is 4.76. The van der Waals surface area contributed by atoms with Crippen molar-refractivity contribution in [1.82, 2.24) is 15.1 Å². The third-order valence-electron chi connectivity index (χ3n) is 4.76. The third kappa shape index (κ3) is 3.71. The summed E-state index contributed by atoms with van der Waals surface area (Å²) >= 11 is 0. The van der Waals surface area contributed by atoms with Gasteiger partial charge in [-0.3, -0.25) is 0 Å². The number of aromatic nitrogens is 3. The highest BCUT2D eigenvalue weighted by Crippen LogP contribution is 2.31. The molecule has 29 heavy (non-hydrogen) atoms. The first kappa shape index (κ1) is 18.7. The molecule has 0 bridgehead atoms. The van der Waals surface area contributed by atoms with Gasteiger partial charge in [0.15, 0.2) is 0 Å². The molecule has 0 unspecified atom stereocenters. The summed E-state index contributed by atoms with van der Waals surface area (Å²) in [6.07, 6.45) is 0. The normalized spacial score (nSPS) is 10.9. The number of pyridine rings is 1. The number of hydrogen-bond acceptors (Lipinski definition) is 7. The molecule has 7 heteroatoms. The van der Waals surface area contributed by atoms with E-state index in [0.29, 0.717) is 24.1 Å². The van der Waals surface area contributed by atoms with E-state index >= 15 is 0 Å². The number of fused-ring (bicyclic) bond motifs is 1. The molecule has 0 saturated heterocycles. The zero-order chi connectivity index (χ0) is 20.4. The fraction of sp³-hybridized carbons (Fsp3) is 0.227. The highest BCUT2D eigenvalue weighted by atomic mass is 16.5. The van der Waals surface area contributed by atoms with Gasteiger partial charge in [0.1, 0.15) is 17.3 Å². The van der Waals surface area contributed by atoms with Crippen molar-refractivity contribution < 1.29 is 14.0 Å². The van der Waals surface area contributed by atoms with E-state index in [1.807, 2.05) is 49.4 Å². The molecule has 0 fully saturated rings. The van der Waals surface area contributed by atoms with Crippen LogP contribution >= 0.6 is 0 Å². The first-order valence-corrected chi connectivity index (χ1v) is 9.25. The fourth-order valence-corrected chi connectivity index (χ4v) is 3.24. The van der Waals surface area contributed by atoms with Crippen LogP contribution in [0.1, 0.15) is 17.0 Å². The van der Waals surface area contributed by atoms with E-state index in [1.54, 1.807) is 21.1 Å². The van der Waals surface area contributed by atoms with Crippen molar-refractivity contribution in [3.63, 3.8) is 0 Å². The molecule has 148 valence electrons. The minimum absolute atomic E-state index is 0.502. The Balaban J connectivity index is 1.75. The molecular weight excluding hydrogens is 368 g/mol. The predicted molar refractivity (Wildman–Crippen MR) is 111 cm³/mol. The largest absolute Gasteiger partial charge is 0.497 e. The molecule has 4 rings (SSSR count). The van der Waals surface area contributed by atoms with E-state index in [2.05, 4.69) is 15.5 Å². The molecule has 0 atom stereocenters. The average Bonchev–Trinajstić information content (AvgIpc) is 3.18. The maximum Gasteiger partial charge on any atom is 0.223 e. The number of rotatable bonds is 6. The Bertz CT molecular complexity index is 1170. The summed E-state index contributed by atoms with van der Waals surface area (Å²) in [5.41, 5.74) is 3.80. The van der Waals surface area contributed by atoms with Gasteiger partial charge < -0.3 is 19.3 Å². The minimum Gasteiger partial charge on any atom is -0.497 e. The second-order valence-corrected chi connectivity index (χ2v) is 6.70. The number of ether oxygens (including phenoxy) is 2. The van der Waals surface area contributed by atoms with Gasteiger partial charge in [0, 0.05) is 30.5 Å². The second-order valence-electron chi connectivity index (χ2n) is 6.70. The standard InChI is InChI=1S/C22H22N4O3/c1-13-6-5-7-15-10-18(22-24-14(2)29-26-22)21(25-20(13)15)23-12-16-8-9-17(27-3)11-19(16)28-4/h5-11H,12H2,1-4H3,(H,23,25). The Morgan fingerprint density at radius 2 is 1.86 bits per heavy atom. The Labute approximate surface area is 168 Å². The van der Waals surface area contributed by atoms with Gasteiger partial charge in [0.2, 0.25) is 11.7 Å². The summed E-state index contributed by atoms with van der Waals surface area (Å²) in [5.74, 6) is 3.18. The smallest absolute Gasteiger partial charge is 0.223 e. The summed E-state index contributed by atoms with van der Waals surface area (Å²) < 4.78 is 16.0. The first-order chi connectivity index (χ1) is 14.1. The van der Waals surface area contributed by atoms with E-state index in [-0.39, 0.29) is 0 Å². The van der Waals surface area contributed by atoms with Gasteiger partial charge in [-0.2, -0.15) is 4.98 Å². The molecule has 2 aromatic heterocycles. The van der Waals surface area contributed by atoms with Crippen molar-refractivity contribution in [1.29, 1.82) is 0 Å². The highest BCUT2D eigenvalue weighted by Gasteiger charge is 2.16. The number of hydrogen-bond donors (Lipinski definition) is 1. The molecule has 0 aliphatic rings. The molecule has 2 aromatic carbocycles. The highest BCUT2D eigenvalue weighted by molar-refractivity contribution is 5.89. The van der Waals surface area contributed by atoms with Crippen molar-refractivity contribution in [3.05, 3.63) is 59.5 Å². The molecule has 1 N–H and O–H groups in total. The van der Waals surface area contributed by atoms with Crippen LogP contribution < -0.4 is 14.8 Å². The van der Waals surface area contributed by atoms with Crippen molar-refractivity contribution in [2.75, 3.05) is 19.5 Å². The number of nitrogens with one attached hydrogen (secondary N) is 1. The van der Waals surface area contributed by atoms with Crippen molar-refractivity contribution in [2.45, 2.75) is 20.4 Å². The van der Waals surface area contributed by atoms with Gasteiger partial charge in [-0.15, -0.1) is 0 Å². The Hall–Kier alpha value is -3.61. The maximum atomic E-state index is 5.50. The van der Waals surface area contributed by atoms with Gasteiger partial charge in [0.25, 0.3) is 0 Å². The van der Waals surface area contributed by atoms with Crippen LogP contribution in [-0.4, -0.2) is 29.3 Å². The lowest BCUT2D eigenvalue weighted by Gasteiger charge is -2.14. The lowest BCUT2D eigenvalue weighted by molar-refractivity contribution is 0.391. The van der Waals surface area contributed by atoms with Gasteiger partial charge >= 0.3 is 0 Å². The van der Waals surface area contributed by atoms with Crippen LogP contribution in [0, 0.1) is 13.8 Å². The topological polar surface area (TPSA) is 82.3 Å². The summed E-state index contributed by atoms with van der Waals surface area (Å²) in [6.45, 7) is 4.33. The van der Waals surface area contributed by atoms with Crippen molar-refractivity contribution >= 4 is 16.7 Å². The Morgan fingerprint density at radius 3 is 2.59 bits per heavy atom. The molecule has 4 aromatic rings. The molecule has 0 aliphatic heterocycles. The zero-order valence-electron chi connectivity index (χ0n) is 16.8. The van der Waals surface area contributed by atoms with E-state index in [1.165, 1.54) is 0 Å². The summed E-state index contributed by atoms with van der Waals surface area (Å²) in [6, 6.07) is 13.9. The number of methoxy groups -OCH3 is 2. The Morgan fingerprint density at radius 1 is 1.00 bits per heavy atom. The average molecular weight is 390 g/mol. The van der Waals surface area contributed by atoms with Crippen LogP contribution in [0.25, 0.3) is 22.3 Å². The van der Waals surface area contributed by atoms with Crippen LogP contribution in [0.4, 0.5) is 5.82 Å². The predicted octanol–water partition coefficient (Wildman–Crippen LogP) is 4.53. The fourth-order valence-electron chi connectivity index (χ4n) is 3.24. The zero-order valence-corrected chi connectivity index (χ0v) is 16.8. The van der Waals surface area contributed by atoms with Crippen LogP contribution in [0.15, 0.2) is 47.0 Å². The lowest BCUT2D eigenvalue weighted by atomic mass is 10.1. The molecular formula is C22H22N4O3. The molecule has 0 amide bonds. The van der Waals surface area contributed by atoms with Gasteiger partial charge in [0.05, 0.1) is 25.3 Å². The van der Waals surface area contributed by atoms with Gasteiger partial charge in [-0.1, -0.05) is 23.4 Å². The number of nitrogens with zero attached hydrogens (tertiary/aromatic N) is 3. The Kier molecular flexibility index (Phi) is 5.03. The number of aryl methyl sites for hydroxylation is 2. The summed E-state index contributed by atoms with van der Waals surface area (Å²) in [4.78, 5) is 9.25. The molecule has 0 spiro atoms. The maximum absolute atomic E-state index is 5.50. The first-order valence-electron chi connectivity index (χ1n) is 9.25. The summed E-state index contributed by atoms with van der Waals surface area (Å²) in [7, 11) is 3.27. The molecule has 0 aliphatic carbocycles. The van der Waals surface area contributed by atoms with Gasteiger partial charge in [-0.25, -0.2) is 4.98 Å². The second kappa shape index (κ2) is 7.79. The van der Waals surface area contributed by atoms with E-state index in [9.17, 15) is 0 Å². The van der Waals surface area contributed by atoms with Crippen molar-refractivity contribution in [2.24, 2.45) is 0 Å². The van der Waals surface area contributed by atoms with Gasteiger partial charge in [-0.05, 0) is 30.7 Å². The molecule has 2 heterocycles. The lowest BCUT2D eigenvalue weighted by Crippen LogP contribution is -2.06. The monoisotopic (exact) mass is 390 g/mol. The van der Waals surface area contributed by atoms with Crippen LogP contribution in [0.5, 0.6) is 11.5 Å². The van der Waals surface area contributed by atoms with Crippen molar-refractivity contribution in [3.8, 4) is 22.9 Å². The van der Waals surface area contributed by atoms with E-state index in [4.69, 9.17) is 19.0 Å². The molecule has 0 radical (unpaired) electrons. The molecule has 0 saturated carbocycles. The summed E-state index contributed by atoms with van der Waals surface area (Å²) in [5, 5.41) is 8.52. The number of para-hydroxylation sites is 1. The minimum atomic E-state index is 0.502. The number of benzene rings is 2. The van der Waals surface area contributed by atoms with E-state index in [0.717, 1.165) is 39.1 Å². The molecule has 7 nitrogen and oxygen atoms in total. The van der Waals surface area contributed by atoms with Crippen LogP contribution in [0.2, 0.25) is 0 Å². The van der Waals surface area contributed by atoms with E-state index < -0.39 is 0 Å².